The summed E-state index contributed by atoms with van der Waals surface area (Å²) in [4.78, 5) is 25.3. The van der Waals surface area contributed by atoms with E-state index in [1.54, 1.807) is 32.4 Å². The molecular formula is C20H20ClN5O2. The third-order valence-electron chi connectivity index (χ3n) is 3.97. The average Bonchev–Trinajstić information content (AvgIpc) is 2.69. The monoisotopic (exact) mass is 397 g/mol. The number of pyridine rings is 1. The van der Waals surface area contributed by atoms with Gasteiger partial charge in [-0.25, -0.2) is 9.97 Å². The Morgan fingerprint density at radius 1 is 1.18 bits per heavy atom. The molecule has 2 heterocycles. The zero-order chi connectivity index (χ0) is 20.1. The van der Waals surface area contributed by atoms with E-state index in [4.69, 9.17) is 16.3 Å². The minimum atomic E-state index is -0.307. The van der Waals surface area contributed by atoms with Crippen LogP contribution in [0.1, 0.15) is 27.6 Å². The van der Waals surface area contributed by atoms with Crippen molar-refractivity contribution in [1.29, 1.82) is 0 Å². The van der Waals surface area contributed by atoms with Gasteiger partial charge in [0.25, 0.3) is 5.91 Å². The predicted octanol–water partition coefficient (Wildman–Crippen LogP) is 3.82. The summed E-state index contributed by atoms with van der Waals surface area (Å²) in [5.74, 6) is 1.22. The third kappa shape index (κ3) is 4.75. The number of rotatable bonds is 6. The summed E-state index contributed by atoms with van der Waals surface area (Å²) in [6.45, 7) is 3.94. The number of aryl methyl sites for hydroxylation is 2. The van der Waals surface area contributed by atoms with Crippen molar-refractivity contribution in [3.8, 4) is 5.75 Å². The highest BCUT2D eigenvalue weighted by Gasteiger charge is 2.13. The lowest BCUT2D eigenvalue weighted by atomic mass is 10.2. The number of nitrogens with zero attached hydrogens (tertiary/aromatic N) is 3. The van der Waals surface area contributed by atoms with Gasteiger partial charge in [-0.05, 0) is 37.6 Å². The summed E-state index contributed by atoms with van der Waals surface area (Å²) < 4.78 is 5.37. The minimum Gasteiger partial charge on any atom is -0.495 e. The fourth-order valence-electron chi connectivity index (χ4n) is 2.58. The lowest BCUT2D eigenvalue weighted by Crippen LogP contribution is -2.24. The summed E-state index contributed by atoms with van der Waals surface area (Å²) in [6.07, 6.45) is 1.68. The van der Waals surface area contributed by atoms with Gasteiger partial charge in [-0.3, -0.25) is 9.78 Å². The van der Waals surface area contributed by atoms with Gasteiger partial charge in [-0.1, -0.05) is 17.7 Å². The molecule has 0 radical (unpaired) electrons. The van der Waals surface area contributed by atoms with E-state index in [1.165, 1.54) is 0 Å². The Hall–Kier alpha value is -3.19. The molecule has 0 aliphatic rings. The van der Waals surface area contributed by atoms with Gasteiger partial charge >= 0.3 is 0 Å². The van der Waals surface area contributed by atoms with Gasteiger partial charge in [-0.2, -0.15) is 0 Å². The van der Waals surface area contributed by atoms with E-state index in [9.17, 15) is 4.79 Å². The van der Waals surface area contributed by atoms with Crippen LogP contribution in [-0.2, 0) is 6.54 Å². The Bertz CT molecular complexity index is 995. The Labute approximate surface area is 168 Å². The normalized spacial score (nSPS) is 10.4. The van der Waals surface area contributed by atoms with Gasteiger partial charge in [0.2, 0.25) is 0 Å². The molecule has 3 aromatic rings. The van der Waals surface area contributed by atoms with Gasteiger partial charge in [-0.15, -0.1) is 0 Å². The lowest BCUT2D eigenvalue weighted by molar-refractivity contribution is 0.0945. The molecule has 0 aliphatic heterocycles. The number of hydrogen-bond donors (Lipinski definition) is 2. The van der Waals surface area contributed by atoms with Crippen molar-refractivity contribution in [2.24, 2.45) is 0 Å². The van der Waals surface area contributed by atoms with Gasteiger partial charge in [0.05, 0.1) is 25.0 Å². The van der Waals surface area contributed by atoms with Crippen molar-refractivity contribution < 1.29 is 9.53 Å². The fraction of sp³-hybridized carbons (Fsp3) is 0.200. The van der Waals surface area contributed by atoms with Crippen molar-refractivity contribution in [1.82, 2.24) is 20.3 Å². The number of ether oxygens (including phenoxy) is 1. The first-order valence-electron chi connectivity index (χ1n) is 8.61. The Balaban J connectivity index is 1.80. The second-order valence-electron chi connectivity index (χ2n) is 6.12. The number of anilines is 2. The van der Waals surface area contributed by atoms with Crippen LogP contribution in [0.15, 0.2) is 42.6 Å². The van der Waals surface area contributed by atoms with Crippen LogP contribution in [0.4, 0.5) is 11.5 Å². The van der Waals surface area contributed by atoms with Crippen LogP contribution in [-0.4, -0.2) is 28.0 Å². The van der Waals surface area contributed by atoms with E-state index in [-0.39, 0.29) is 11.6 Å². The van der Waals surface area contributed by atoms with E-state index in [0.29, 0.717) is 34.6 Å². The Kier molecular flexibility index (Phi) is 6.06. The average molecular weight is 398 g/mol. The number of halogens is 1. The first-order chi connectivity index (χ1) is 13.5. The van der Waals surface area contributed by atoms with Crippen LogP contribution in [0.5, 0.6) is 5.75 Å². The molecule has 0 atom stereocenters. The maximum absolute atomic E-state index is 12.5. The molecule has 28 heavy (non-hydrogen) atoms. The second-order valence-corrected chi connectivity index (χ2v) is 6.52. The third-order valence-corrected chi connectivity index (χ3v) is 4.38. The van der Waals surface area contributed by atoms with Crippen molar-refractivity contribution in [2.45, 2.75) is 20.4 Å². The first-order valence-corrected chi connectivity index (χ1v) is 8.99. The summed E-state index contributed by atoms with van der Waals surface area (Å²) in [7, 11) is 1.56. The topological polar surface area (TPSA) is 89.0 Å². The van der Waals surface area contributed by atoms with Crippen LogP contribution in [0, 0.1) is 13.8 Å². The molecule has 0 bridgehead atoms. The van der Waals surface area contributed by atoms with Crippen molar-refractivity contribution >= 4 is 29.0 Å². The van der Waals surface area contributed by atoms with Crippen LogP contribution in [0.3, 0.4) is 0 Å². The molecule has 3 rings (SSSR count). The Morgan fingerprint density at radius 2 is 2.00 bits per heavy atom. The number of aromatic nitrogens is 3. The largest absolute Gasteiger partial charge is 0.495 e. The standard InChI is InChI=1S/C20H20ClN5O2/c1-12-8-16(18(28-3)9-15(12)21)26-19-10-17(24-13(2)25-19)20(27)23-11-14-6-4-5-7-22-14/h4-10H,11H2,1-3H3,(H,23,27)(H,24,25,26). The van der Waals surface area contributed by atoms with Crippen molar-refractivity contribution in [2.75, 3.05) is 12.4 Å². The summed E-state index contributed by atoms with van der Waals surface area (Å²) in [5, 5.41) is 6.59. The van der Waals surface area contributed by atoms with Crippen molar-refractivity contribution in [3.63, 3.8) is 0 Å². The minimum absolute atomic E-state index is 0.260. The molecule has 0 saturated carbocycles. The number of carbonyl (C=O) groups excluding carboxylic acids is 1. The zero-order valence-electron chi connectivity index (χ0n) is 15.8. The number of carbonyl (C=O) groups is 1. The highest BCUT2D eigenvalue weighted by molar-refractivity contribution is 6.31. The summed E-state index contributed by atoms with van der Waals surface area (Å²) in [5.41, 5.74) is 2.61. The molecule has 7 nitrogen and oxygen atoms in total. The molecule has 0 unspecified atom stereocenters. The molecule has 0 spiro atoms. The molecule has 0 aliphatic carbocycles. The number of benzene rings is 1. The first kappa shape index (κ1) is 19.6. The molecule has 2 aromatic heterocycles. The number of amides is 1. The van der Waals surface area contributed by atoms with Crippen LogP contribution < -0.4 is 15.4 Å². The summed E-state index contributed by atoms with van der Waals surface area (Å²) in [6, 6.07) is 10.7. The van der Waals surface area contributed by atoms with Gasteiger partial charge < -0.3 is 15.4 Å². The van der Waals surface area contributed by atoms with Crippen LogP contribution in [0.25, 0.3) is 0 Å². The fourth-order valence-corrected chi connectivity index (χ4v) is 2.73. The highest BCUT2D eigenvalue weighted by atomic mass is 35.5. The van der Waals surface area contributed by atoms with Crippen molar-refractivity contribution in [3.05, 3.63) is 70.4 Å². The molecule has 1 amide bonds. The van der Waals surface area contributed by atoms with E-state index >= 15 is 0 Å². The number of hydrogen-bond acceptors (Lipinski definition) is 6. The quantitative estimate of drug-likeness (QED) is 0.657. The van der Waals surface area contributed by atoms with Crippen LogP contribution in [0.2, 0.25) is 5.02 Å². The van der Waals surface area contributed by atoms with E-state index in [2.05, 4.69) is 25.6 Å². The Morgan fingerprint density at radius 3 is 2.71 bits per heavy atom. The molecular weight excluding hydrogens is 378 g/mol. The second kappa shape index (κ2) is 8.67. The van der Waals surface area contributed by atoms with E-state index in [0.717, 1.165) is 11.3 Å². The molecule has 144 valence electrons. The molecule has 8 heteroatoms. The maximum atomic E-state index is 12.5. The smallest absolute Gasteiger partial charge is 0.270 e. The molecule has 0 saturated heterocycles. The van der Waals surface area contributed by atoms with Gasteiger partial charge in [0.15, 0.2) is 0 Å². The predicted molar refractivity (Wildman–Crippen MR) is 108 cm³/mol. The zero-order valence-corrected chi connectivity index (χ0v) is 16.5. The lowest BCUT2D eigenvalue weighted by Gasteiger charge is -2.13. The number of methoxy groups -OCH3 is 1. The molecule has 0 fully saturated rings. The maximum Gasteiger partial charge on any atom is 0.270 e. The summed E-state index contributed by atoms with van der Waals surface area (Å²) >= 11 is 6.15. The SMILES string of the molecule is COc1cc(Cl)c(C)cc1Nc1cc(C(=O)NCc2ccccn2)nc(C)n1. The van der Waals surface area contributed by atoms with Gasteiger partial charge in [0.1, 0.15) is 23.1 Å². The highest BCUT2D eigenvalue weighted by Crippen LogP contribution is 2.32. The van der Waals surface area contributed by atoms with E-state index < -0.39 is 0 Å². The molecule has 2 N–H and O–H groups in total. The van der Waals surface area contributed by atoms with E-state index in [1.807, 2.05) is 31.2 Å². The van der Waals surface area contributed by atoms with Crippen LogP contribution >= 0.6 is 11.6 Å². The van der Waals surface area contributed by atoms with Gasteiger partial charge in [0, 0.05) is 23.4 Å². The number of nitrogens with one attached hydrogen (secondary N) is 2. The molecule has 1 aromatic carbocycles.